The number of para-hydroxylation sites is 2. The molecular formula is C29H30BrN3O2. The summed E-state index contributed by atoms with van der Waals surface area (Å²) in [4.78, 5) is 19.8. The molecule has 6 heteroatoms. The summed E-state index contributed by atoms with van der Waals surface area (Å²) in [5.41, 5.74) is 5.47. The van der Waals surface area contributed by atoms with Crippen molar-refractivity contribution in [3.63, 3.8) is 0 Å². The van der Waals surface area contributed by atoms with E-state index in [9.17, 15) is 4.79 Å². The highest BCUT2D eigenvalue weighted by Gasteiger charge is 2.34. The molecule has 180 valence electrons. The van der Waals surface area contributed by atoms with Crippen molar-refractivity contribution in [3.05, 3.63) is 88.2 Å². The van der Waals surface area contributed by atoms with Crippen molar-refractivity contribution in [2.45, 2.75) is 45.6 Å². The topological polar surface area (TPSA) is 47.4 Å². The number of halogens is 1. The van der Waals surface area contributed by atoms with E-state index in [1.54, 1.807) is 0 Å². The molecule has 0 N–H and O–H groups in total. The van der Waals surface area contributed by atoms with Gasteiger partial charge in [0.05, 0.1) is 17.6 Å². The molecule has 5 rings (SSSR count). The zero-order valence-electron chi connectivity index (χ0n) is 20.2. The van der Waals surface area contributed by atoms with Crippen molar-refractivity contribution in [1.82, 2.24) is 9.55 Å². The number of imidazole rings is 1. The zero-order valence-corrected chi connectivity index (χ0v) is 21.8. The average molecular weight is 532 g/mol. The Kier molecular flexibility index (Phi) is 6.91. The number of hydrogen-bond acceptors (Lipinski definition) is 3. The van der Waals surface area contributed by atoms with Crippen LogP contribution in [-0.4, -0.2) is 28.6 Å². The standard InChI is InChI=1S/C29H30BrN3O2/c1-20-12-13-27(21(2)16-20)35-15-6-5-14-32-26-11-4-3-10-25(26)31-29(32)22-17-28(34)33(19-22)24-9-7-8-23(30)18-24/h3-4,7-13,16,18,22H,5-6,14-15,17,19H2,1-2H3. The Morgan fingerprint density at radius 3 is 2.71 bits per heavy atom. The monoisotopic (exact) mass is 531 g/mol. The smallest absolute Gasteiger partial charge is 0.227 e. The molecule has 1 atom stereocenters. The van der Waals surface area contributed by atoms with Crippen LogP contribution in [0.1, 0.15) is 42.1 Å². The third-order valence-electron chi connectivity index (χ3n) is 6.66. The molecule has 35 heavy (non-hydrogen) atoms. The molecule has 4 aromatic rings. The minimum atomic E-state index is 0.0698. The maximum absolute atomic E-state index is 12.9. The van der Waals surface area contributed by atoms with E-state index in [4.69, 9.17) is 9.72 Å². The van der Waals surface area contributed by atoms with Crippen molar-refractivity contribution >= 4 is 38.6 Å². The molecule has 1 aliphatic heterocycles. The van der Waals surface area contributed by atoms with Gasteiger partial charge in [0.2, 0.25) is 5.91 Å². The fourth-order valence-corrected chi connectivity index (χ4v) is 5.32. The summed E-state index contributed by atoms with van der Waals surface area (Å²) in [5, 5.41) is 0. The highest BCUT2D eigenvalue weighted by molar-refractivity contribution is 9.10. The summed E-state index contributed by atoms with van der Waals surface area (Å²) >= 11 is 3.52. The molecule has 1 aliphatic rings. The van der Waals surface area contributed by atoms with E-state index >= 15 is 0 Å². The van der Waals surface area contributed by atoms with Crippen LogP contribution in [0.4, 0.5) is 5.69 Å². The van der Waals surface area contributed by atoms with Crippen LogP contribution < -0.4 is 9.64 Å². The number of amides is 1. The molecule has 1 amide bonds. The Hall–Kier alpha value is -3.12. The van der Waals surface area contributed by atoms with Crippen molar-refractivity contribution in [2.24, 2.45) is 0 Å². The van der Waals surface area contributed by atoms with Gasteiger partial charge in [-0.15, -0.1) is 0 Å². The number of unbranched alkanes of at least 4 members (excludes halogenated alkanes) is 1. The molecule has 1 aromatic heterocycles. The van der Waals surface area contributed by atoms with E-state index in [0.717, 1.165) is 52.2 Å². The summed E-state index contributed by atoms with van der Waals surface area (Å²) in [6.07, 6.45) is 2.41. The highest BCUT2D eigenvalue weighted by atomic mass is 79.9. The van der Waals surface area contributed by atoms with Crippen LogP contribution in [0.2, 0.25) is 0 Å². The second-order valence-corrected chi connectivity index (χ2v) is 10.2. The molecule has 1 fully saturated rings. The Morgan fingerprint density at radius 2 is 1.89 bits per heavy atom. The van der Waals surface area contributed by atoms with E-state index in [2.05, 4.69) is 70.7 Å². The van der Waals surface area contributed by atoms with Gasteiger partial charge in [0, 0.05) is 35.6 Å². The summed E-state index contributed by atoms with van der Waals surface area (Å²) in [7, 11) is 0. The van der Waals surface area contributed by atoms with Crippen LogP contribution in [0.5, 0.6) is 5.75 Å². The van der Waals surface area contributed by atoms with Gasteiger partial charge in [-0.2, -0.15) is 0 Å². The molecule has 0 spiro atoms. The minimum absolute atomic E-state index is 0.0698. The molecule has 0 saturated carbocycles. The van der Waals surface area contributed by atoms with Gasteiger partial charge in [-0.3, -0.25) is 4.79 Å². The van der Waals surface area contributed by atoms with Gasteiger partial charge in [0.15, 0.2) is 0 Å². The van der Waals surface area contributed by atoms with Gasteiger partial charge in [0.1, 0.15) is 11.6 Å². The van der Waals surface area contributed by atoms with Crippen LogP contribution in [-0.2, 0) is 11.3 Å². The highest BCUT2D eigenvalue weighted by Crippen LogP contribution is 2.34. The number of carbonyl (C=O) groups is 1. The Morgan fingerprint density at radius 1 is 1.03 bits per heavy atom. The van der Waals surface area contributed by atoms with E-state index < -0.39 is 0 Å². The number of hydrogen-bond donors (Lipinski definition) is 0. The SMILES string of the molecule is Cc1ccc(OCCCCn2c(C3CC(=O)N(c4cccc(Br)c4)C3)nc3ccccc32)c(C)c1. The van der Waals surface area contributed by atoms with Crippen LogP contribution >= 0.6 is 15.9 Å². The lowest BCUT2D eigenvalue weighted by Gasteiger charge is -2.18. The summed E-state index contributed by atoms with van der Waals surface area (Å²) in [6, 6.07) is 22.5. The van der Waals surface area contributed by atoms with Crippen LogP contribution in [0.15, 0.2) is 71.2 Å². The quantitative estimate of drug-likeness (QED) is 0.235. The molecule has 3 aromatic carbocycles. The average Bonchev–Trinajstić information content (AvgIpc) is 3.40. The number of rotatable bonds is 8. The summed E-state index contributed by atoms with van der Waals surface area (Å²) < 4.78 is 9.32. The minimum Gasteiger partial charge on any atom is -0.493 e. The van der Waals surface area contributed by atoms with Crippen molar-refractivity contribution in [2.75, 3.05) is 18.1 Å². The predicted molar refractivity (Wildman–Crippen MR) is 144 cm³/mol. The first-order chi connectivity index (χ1) is 17.0. The molecule has 2 heterocycles. The van der Waals surface area contributed by atoms with Crippen LogP contribution in [0, 0.1) is 13.8 Å². The van der Waals surface area contributed by atoms with E-state index in [1.165, 1.54) is 11.1 Å². The normalized spacial score (nSPS) is 15.8. The molecule has 1 saturated heterocycles. The predicted octanol–water partition coefficient (Wildman–Crippen LogP) is 6.80. The lowest BCUT2D eigenvalue weighted by molar-refractivity contribution is -0.117. The maximum atomic E-state index is 12.9. The van der Waals surface area contributed by atoms with Crippen molar-refractivity contribution in [1.29, 1.82) is 0 Å². The van der Waals surface area contributed by atoms with Gasteiger partial charge in [0.25, 0.3) is 0 Å². The van der Waals surface area contributed by atoms with Gasteiger partial charge < -0.3 is 14.2 Å². The van der Waals surface area contributed by atoms with Crippen LogP contribution in [0.25, 0.3) is 11.0 Å². The third kappa shape index (κ3) is 5.13. The Labute approximate surface area is 214 Å². The molecule has 1 unspecified atom stereocenters. The van der Waals surface area contributed by atoms with Gasteiger partial charge in [-0.1, -0.05) is 51.8 Å². The fraction of sp³-hybridized carbons (Fsp3) is 0.310. The largest absolute Gasteiger partial charge is 0.493 e. The molecule has 0 aliphatic carbocycles. The molecule has 0 bridgehead atoms. The number of aryl methyl sites for hydroxylation is 3. The number of carbonyl (C=O) groups excluding carboxylic acids is 1. The lowest BCUT2D eigenvalue weighted by atomic mass is 10.1. The second-order valence-electron chi connectivity index (χ2n) is 9.32. The van der Waals surface area contributed by atoms with Gasteiger partial charge >= 0.3 is 0 Å². The number of fused-ring (bicyclic) bond motifs is 1. The number of aromatic nitrogens is 2. The first kappa shape index (κ1) is 23.6. The number of benzene rings is 3. The van der Waals surface area contributed by atoms with Crippen molar-refractivity contribution < 1.29 is 9.53 Å². The van der Waals surface area contributed by atoms with Gasteiger partial charge in [-0.25, -0.2) is 4.98 Å². The first-order valence-electron chi connectivity index (χ1n) is 12.2. The number of ether oxygens (including phenoxy) is 1. The zero-order chi connectivity index (χ0) is 24.4. The molecular weight excluding hydrogens is 502 g/mol. The van der Waals surface area contributed by atoms with E-state index in [1.807, 2.05) is 35.2 Å². The van der Waals surface area contributed by atoms with Crippen LogP contribution in [0.3, 0.4) is 0 Å². The van der Waals surface area contributed by atoms with Crippen molar-refractivity contribution in [3.8, 4) is 5.75 Å². The molecule has 0 radical (unpaired) electrons. The fourth-order valence-electron chi connectivity index (χ4n) is 4.93. The van der Waals surface area contributed by atoms with E-state index in [0.29, 0.717) is 19.6 Å². The summed E-state index contributed by atoms with van der Waals surface area (Å²) in [5.74, 6) is 2.18. The Balaban J connectivity index is 1.29. The lowest BCUT2D eigenvalue weighted by Crippen LogP contribution is -2.24. The van der Waals surface area contributed by atoms with Gasteiger partial charge in [-0.05, 0) is 68.7 Å². The maximum Gasteiger partial charge on any atom is 0.227 e. The second kappa shape index (κ2) is 10.2. The van der Waals surface area contributed by atoms with E-state index in [-0.39, 0.29) is 11.8 Å². The first-order valence-corrected chi connectivity index (χ1v) is 13.0. The number of anilines is 1. The third-order valence-corrected chi connectivity index (χ3v) is 7.15. The molecule has 5 nitrogen and oxygen atoms in total. The summed E-state index contributed by atoms with van der Waals surface area (Å²) in [6.45, 7) is 6.37. The Bertz CT molecular complexity index is 1360. The number of nitrogens with zero attached hydrogens (tertiary/aromatic N) is 3.